The third-order valence-electron chi connectivity index (χ3n) is 2.45. The Hall–Kier alpha value is -1.18. The minimum absolute atomic E-state index is 0.280. The van der Waals surface area contributed by atoms with Crippen LogP contribution >= 0.6 is 0 Å². The van der Waals surface area contributed by atoms with Crippen molar-refractivity contribution in [1.29, 1.82) is 0 Å². The Morgan fingerprint density at radius 1 is 1.12 bits per heavy atom. The molecule has 0 amide bonds. The van der Waals surface area contributed by atoms with Crippen LogP contribution in [0.15, 0.2) is 24.3 Å². The third kappa shape index (κ3) is 5.64. The first-order valence-electron chi connectivity index (χ1n) is 6.06. The molecule has 2 nitrogen and oxygen atoms in total. The number of phenolic OH excluding ortho intramolecular Hbond substituents is 1. The maximum Gasteiger partial charge on any atom is 0.119 e. The van der Waals surface area contributed by atoms with E-state index in [2.05, 4.69) is 13.3 Å². The molecule has 0 heterocycles. The smallest absolute Gasteiger partial charge is 0.119 e. The van der Waals surface area contributed by atoms with Gasteiger partial charge in [-0.2, -0.15) is 0 Å². The van der Waals surface area contributed by atoms with Gasteiger partial charge in [-0.1, -0.05) is 32.6 Å². The highest BCUT2D eigenvalue weighted by Gasteiger charge is 1.94. The van der Waals surface area contributed by atoms with Gasteiger partial charge in [0, 0.05) is 0 Å². The highest BCUT2D eigenvalue weighted by Crippen LogP contribution is 2.16. The van der Waals surface area contributed by atoms with E-state index < -0.39 is 0 Å². The van der Waals surface area contributed by atoms with Crippen LogP contribution in [0.2, 0.25) is 0 Å². The van der Waals surface area contributed by atoms with E-state index in [0.717, 1.165) is 18.8 Å². The van der Waals surface area contributed by atoms with E-state index >= 15 is 0 Å². The molecule has 1 N–H and O–H groups in total. The van der Waals surface area contributed by atoms with Crippen molar-refractivity contribution < 1.29 is 9.84 Å². The van der Waals surface area contributed by atoms with Gasteiger partial charge < -0.3 is 9.84 Å². The van der Waals surface area contributed by atoms with Crippen molar-refractivity contribution in [2.24, 2.45) is 0 Å². The number of aromatic hydroxyl groups is 1. The summed E-state index contributed by atoms with van der Waals surface area (Å²) in [4.78, 5) is 0. The Balaban J connectivity index is 2.01. The van der Waals surface area contributed by atoms with Crippen LogP contribution in [0.25, 0.3) is 0 Å². The predicted octanol–water partition coefficient (Wildman–Crippen LogP) is 3.95. The Labute approximate surface area is 98.3 Å². The van der Waals surface area contributed by atoms with Crippen molar-refractivity contribution in [3.8, 4) is 11.5 Å². The summed E-state index contributed by atoms with van der Waals surface area (Å²) in [5.74, 6) is 1.11. The molecule has 0 saturated heterocycles. The molecule has 1 rings (SSSR count). The second kappa shape index (κ2) is 8.03. The van der Waals surface area contributed by atoms with E-state index in [1.807, 2.05) is 0 Å². The highest BCUT2D eigenvalue weighted by atomic mass is 16.5. The number of rotatable bonds is 8. The normalized spacial score (nSPS) is 10.3. The molecule has 0 spiro atoms. The summed E-state index contributed by atoms with van der Waals surface area (Å²) in [6.45, 7) is 2.94. The molecule has 89 valence electrons. The number of benzene rings is 1. The van der Waals surface area contributed by atoms with Crippen LogP contribution < -0.4 is 4.74 Å². The fourth-order valence-corrected chi connectivity index (χ4v) is 1.50. The van der Waals surface area contributed by atoms with Crippen LogP contribution in [0.1, 0.15) is 39.0 Å². The topological polar surface area (TPSA) is 29.5 Å². The molecule has 0 aliphatic rings. The van der Waals surface area contributed by atoms with Crippen molar-refractivity contribution in [3.05, 3.63) is 30.7 Å². The Morgan fingerprint density at radius 2 is 1.88 bits per heavy atom. The van der Waals surface area contributed by atoms with Gasteiger partial charge in [0.1, 0.15) is 11.5 Å². The molecule has 0 aliphatic heterocycles. The lowest BCUT2D eigenvalue weighted by Crippen LogP contribution is -1.96. The molecule has 0 unspecified atom stereocenters. The Kier molecular flexibility index (Phi) is 6.47. The van der Waals surface area contributed by atoms with Gasteiger partial charge in [0.05, 0.1) is 6.61 Å². The van der Waals surface area contributed by atoms with Crippen LogP contribution in [0.5, 0.6) is 11.5 Å². The van der Waals surface area contributed by atoms with Crippen LogP contribution in [-0.4, -0.2) is 11.7 Å². The van der Waals surface area contributed by atoms with Crippen LogP contribution in [0.4, 0.5) is 0 Å². The molecule has 16 heavy (non-hydrogen) atoms. The molecule has 0 fully saturated rings. The first kappa shape index (κ1) is 12.9. The summed E-state index contributed by atoms with van der Waals surface area (Å²) >= 11 is 0. The van der Waals surface area contributed by atoms with E-state index in [1.165, 1.54) is 25.7 Å². The van der Waals surface area contributed by atoms with E-state index in [0.29, 0.717) is 0 Å². The molecule has 1 aromatic carbocycles. The minimum atomic E-state index is 0.280. The van der Waals surface area contributed by atoms with E-state index in [9.17, 15) is 0 Å². The average molecular weight is 221 g/mol. The summed E-state index contributed by atoms with van der Waals surface area (Å²) in [5.41, 5.74) is 0. The maximum absolute atomic E-state index is 9.09. The first-order chi connectivity index (χ1) is 7.83. The molecule has 0 bridgehead atoms. The van der Waals surface area contributed by atoms with E-state index in [-0.39, 0.29) is 5.75 Å². The second-order valence-corrected chi connectivity index (χ2v) is 3.89. The van der Waals surface area contributed by atoms with Crippen molar-refractivity contribution in [2.45, 2.75) is 39.0 Å². The summed E-state index contributed by atoms with van der Waals surface area (Å²) in [7, 11) is 0. The van der Waals surface area contributed by atoms with Gasteiger partial charge in [-0.05, 0) is 37.1 Å². The van der Waals surface area contributed by atoms with Crippen molar-refractivity contribution >= 4 is 0 Å². The monoisotopic (exact) mass is 221 g/mol. The standard InChI is InChI=1S/C14H21O2/c1-2-3-4-5-6-7-12-16-14-10-8-13(15)9-11-14/h3,8-11,15H,2,4-7,12H2,1H3. The molecule has 0 atom stereocenters. The van der Waals surface area contributed by atoms with Crippen molar-refractivity contribution in [1.82, 2.24) is 0 Å². The van der Waals surface area contributed by atoms with Gasteiger partial charge in [-0.3, -0.25) is 0 Å². The van der Waals surface area contributed by atoms with Gasteiger partial charge in [0.15, 0.2) is 0 Å². The lowest BCUT2D eigenvalue weighted by molar-refractivity contribution is 0.304. The number of ether oxygens (including phenoxy) is 1. The lowest BCUT2D eigenvalue weighted by atomic mass is 10.1. The number of hydrogen-bond acceptors (Lipinski definition) is 2. The van der Waals surface area contributed by atoms with E-state index in [4.69, 9.17) is 9.84 Å². The summed E-state index contributed by atoms with van der Waals surface area (Å²) in [6, 6.07) is 6.87. The van der Waals surface area contributed by atoms with Crippen LogP contribution in [0.3, 0.4) is 0 Å². The highest BCUT2D eigenvalue weighted by molar-refractivity contribution is 5.29. The fourth-order valence-electron chi connectivity index (χ4n) is 1.50. The number of hydrogen-bond donors (Lipinski definition) is 1. The summed E-state index contributed by atoms with van der Waals surface area (Å²) < 4.78 is 5.55. The van der Waals surface area contributed by atoms with Gasteiger partial charge in [0.25, 0.3) is 0 Å². The molecule has 0 aromatic heterocycles. The zero-order valence-corrected chi connectivity index (χ0v) is 9.98. The van der Waals surface area contributed by atoms with Crippen molar-refractivity contribution in [3.63, 3.8) is 0 Å². The van der Waals surface area contributed by atoms with Gasteiger partial charge >= 0.3 is 0 Å². The van der Waals surface area contributed by atoms with Gasteiger partial charge in [0.2, 0.25) is 0 Å². The summed E-state index contributed by atoms with van der Waals surface area (Å²) in [5, 5.41) is 9.09. The van der Waals surface area contributed by atoms with Gasteiger partial charge in [-0.25, -0.2) is 0 Å². The molecular weight excluding hydrogens is 200 g/mol. The Bertz CT molecular complexity index is 267. The zero-order chi connectivity index (χ0) is 11.6. The number of unbranched alkanes of at least 4 members (excludes halogenated alkanes) is 5. The maximum atomic E-state index is 9.09. The molecule has 1 radical (unpaired) electrons. The van der Waals surface area contributed by atoms with Gasteiger partial charge in [-0.15, -0.1) is 0 Å². The van der Waals surface area contributed by atoms with Crippen LogP contribution in [-0.2, 0) is 0 Å². The van der Waals surface area contributed by atoms with Crippen LogP contribution in [0, 0.1) is 6.42 Å². The quantitative estimate of drug-likeness (QED) is 0.674. The molecular formula is C14H21O2. The molecule has 1 aromatic rings. The zero-order valence-electron chi connectivity index (χ0n) is 9.98. The second-order valence-electron chi connectivity index (χ2n) is 3.89. The fraction of sp³-hybridized carbons (Fsp3) is 0.500. The number of phenols is 1. The lowest BCUT2D eigenvalue weighted by Gasteiger charge is -2.05. The third-order valence-corrected chi connectivity index (χ3v) is 2.45. The predicted molar refractivity (Wildman–Crippen MR) is 66.7 cm³/mol. The average Bonchev–Trinajstić information content (AvgIpc) is 2.30. The van der Waals surface area contributed by atoms with E-state index in [1.54, 1.807) is 24.3 Å². The largest absolute Gasteiger partial charge is 0.508 e. The summed E-state index contributed by atoms with van der Waals surface area (Å²) in [6.07, 6.45) is 8.28. The first-order valence-corrected chi connectivity index (χ1v) is 6.06. The van der Waals surface area contributed by atoms with Crippen molar-refractivity contribution in [2.75, 3.05) is 6.61 Å². The molecule has 0 saturated carbocycles. The minimum Gasteiger partial charge on any atom is -0.508 e. The SMILES string of the molecule is CC[CH]CCCCCOc1ccc(O)cc1. The Morgan fingerprint density at radius 3 is 2.56 bits per heavy atom. The molecule has 2 heteroatoms. The molecule has 0 aliphatic carbocycles.